The third-order valence-electron chi connectivity index (χ3n) is 5.40. The average Bonchev–Trinajstić information content (AvgIpc) is 2.56. The van der Waals surface area contributed by atoms with E-state index in [4.69, 9.17) is 0 Å². The van der Waals surface area contributed by atoms with E-state index in [-0.39, 0.29) is 17.3 Å². The third kappa shape index (κ3) is 1.72. The van der Waals surface area contributed by atoms with Crippen molar-refractivity contribution < 1.29 is 4.79 Å². The summed E-state index contributed by atoms with van der Waals surface area (Å²) in [4.78, 5) is 12.9. The Morgan fingerprint density at radius 3 is 2.45 bits per heavy atom. The van der Waals surface area contributed by atoms with Crippen molar-refractivity contribution in [2.24, 2.45) is 11.3 Å². The zero-order valence-corrected chi connectivity index (χ0v) is 12.6. The maximum atomic E-state index is 12.9. The highest BCUT2D eigenvalue weighted by molar-refractivity contribution is 5.95. The molecule has 0 radical (unpaired) electrons. The van der Waals surface area contributed by atoms with Crippen molar-refractivity contribution in [2.75, 3.05) is 0 Å². The third-order valence-corrected chi connectivity index (χ3v) is 5.40. The van der Waals surface area contributed by atoms with Gasteiger partial charge in [-0.2, -0.15) is 0 Å². The summed E-state index contributed by atoms with van der Waals surface area (Å²) in [7, 11) is 0. The number of hydrogen-bond acceptors (Lipinski definition) is 1. The van der Waals surface area contributed by atoms with E-state index >= 15 is 0 Å². The fourth-order valence-electron chi connectivity index (χ4n) is 4.00. The summed E-state index contributed by atoms with van der Waals surface area (Å²) >= 11 is 0. The zero-order valence-electron chi connectivity index (χ0n) is 12.6. The minimum absolute atomic E-state index is 0.0762. The van der Waals surface area contributed by atoms with E-state index in [1.165, 1.54) is 16.7 Å². The largest absolute Gasteiger partial charge is 0.298 e. The molecule has 20 heavy (non-hydrogen) atoms. The standard InChI is InChI=1S/C19H22O/c1-12-10-16-17(15-8-6-5-7-9-15)14(3)19(4,18(16)20)11-13(12)2/h5-9,16-17H,3,10-11H2,1-2,4H3/t16-,17-,19+/m0/s1. The van der Waals surface area contributed by atoms with Gasteiger partial charge in [0.1, 0.15) is 5.78 Å². The lowest BCUT2D eigenvalue weighted by Gasteiger charge is -2.27. The van der Waals surface area contributed by atoms with Gasteiger partial charge in [-0.05, 0) is 39.2 Å². The van der Waals surface area contributed by atoms with E-state index in [1.807, 2.05) is 6.07 Å². The Hall–Kier alpha value is -1.63. The van der Waals surface area contributed by atoms with Crippen LogP contribution in [0.15, 0.2) is 53.6 Å². The van der Waals surface area contributed by atoms with E-state index in [2.05, 4.69) is 51.6 Å². The smallest absolute Gasteiger partial charge is 0.147 e. The van der Waals surface area contributed by atoms with Gasteiger partial charge in [0, 0.05) is 11.8 Å². The molecule has 0 amide bonds. The monoisotopic (exact) mass is 266 g/mol. The first-order valence-corrected chi connectivity index (χ1v) is 7.39. The van der Waals surface area contributed by atoms with Crippen LogP contribution in [0.5, 0.6) is 0 Å². The number of allylic oxidation sites excluding steroid dienone is 3. The summed E-state index contributed by atoms with van der Waals surface area (Å²) in [5.74, 6) is 0.664. The van der Waals surface area contributed by atoms with E-state index in [1.54, 1.807) is 0 Å². The topological polar surface area (TPSA) is 17.1 Å². The molecule has 1 heteroatoms. The van der Waals surface area contributed by atoms with Gasteiger partial charge in [0.05, 0.1) is 5.41 Å². The minimum Gasteiger partial charge on any atom is -0.298 e. The Morgan fingerprint density at radius 1 is 1.15 bits per heavy atom. The molecular weight excluding hydrogens is 244 g/mol. The SMILES string of the molecule is C=C1[C@@H](c2ccccc2)[C@@H]2CC(C)=C(C)C[C@@]1(C)C2=O. The number of ketones is 1. The van der Waals surface area contributed by atoms with Gasteiger partial charge >= 0.3 is 0 Å². The van der Waals surface area contributed by atoms with Crippen LogP contribution in [0.1, 0.15) is 45.1 Å². The number of Topliss-reactive ketones (excluding diaryl/α,β-unsaturated/α-hetero) is 1. The lowest BCUT2D eigenvalue weighted by molar-refractivity contribution is -0.127. The first kappa shape index (κ1) is 13.4. The van der Waals surface area contributed by atoms with Crippen LogP contribution in [0, 0.1) is 11.3 Å². The van der Waals surface area contributed by atoms with Crippen LogP contribution < -0.4 is 0 Å². The Kier molecular flexibility index (Phi) is 2.97. The summed E-state index contributed by atoms with van der Waals surface area (Å²) < 4.78 is 0. The Bertz CT molecular complexity index is 608. The number of rotatable bonds is 1. The summed E-state index contributed by atoms with van der Waals surface area (Å²) in [6, 6.07) is 10.4. The molecule has 1 nitrogen and oxygen atoms in total. The molecule has 3 atom stereocenters. The lowest BCUT2D eigenvalue weighted by Crippen LogP contribution is -2.25. The number of fused-ring (bicyclic) bond motifs is 2. The van der Waals surface area contributed by atoms with Gasteiger partial charge in [-0.3, -0.25) is 4.79 Å². The second kappa shape index (κ2) is 4.44. The predicted octanol–water partition coefficient (Wildman–Crippen LogP) is 4.66. The van der Waals surface area contributed by atoms with Crippen LogP contribution in [-0.4, -0.2) is 5.78 Å². The Morgan fingerprint density at radius 2 is 1.80 bits per heavy atom. The van der Waals surface area contributed by atoms with Crippen LogP contribution in [0.2, 0.25) is 0 Å². The average molecular weight is 266 g/mol. The molecule has 1 aromatic carbocycles. The van der Waals surface area contributed by atoms with Gasteiger partial charge in [-0.1, -0.05) is 53.6 Å². The van der Waals surface area contributed by atoms with Crippen LogP contribution in [-0.2, 0) is 4.79 Å². The summed E-state index contributed by atoms with van der Waals surface area (Å²) in [5, 5.41) is 0. The molecule has 3 rings (SSSR count). The predicted molar refractivity (Wildman–Crippen MR) is 82.5 cm³/mol. The molecule has 0 spiro atoms. The maximum absolute atomic E-state index is 12.9. The highest BCUT2D eigenvalue weighted by Crippen LogP contribution is 2.57. The molecule has 2 aliphatic carbocycles. The number of carbonyl (C=O) groups excluding carboxylic acids is 1. The number of hydrogen-bond donors (Lipinski definition) is 0. The normalized spacial score (nSPS) is 33.5. The van der Waals surface area contributed by atoms with Crippen molar-refractivity contribution in [2.45, 2.75) is 39.5 Å². The molecule has 0 heterocycles. The molecule has 1 aromatic rings. The molecular formula is C19H22O. The van der Waals surface area contributed by atoms with Crippen molar-refractivity contribution >= 4 is 5.78 Å². The van der Waals surface area contributed by atoms with Crippen LogP contribution in [0.3, 0.4) is 0 Å². The summed E-state index contributed by atoms with van der Waals surface area (Å²) in [6.45, 7) is 10.8. The molecule has 0 N–H and O–H groups in total. The molecule has 104 valence electrons. The van der Waals surface area contributed by atoms with E-state index in [0.29, 0.717) is 5.78 Å². The number of carbonyl (C=O) groups is 1. The molecule has 0 unspecified atom stereocenters. The fourth-order valence-corrected chi connectivity index (χ4v) is 4.00. The molecule has 2 bridgehead atoms. The van der Waals surface area contributed by atoms with Gasteiger partial charge in [0.25, 0.3) is 0 Å². The zero-order chi connectivity index (χ0) is 14.5. The summed E-state index contributed by atoms with van der Waals surface area (Å²) in [6.07, 6.45) is 1.73. The Labute approximate surface area is 121 Å². The van der Waals surface area contributed by atoms with E-state index in [9.17, 15) is 4.79 Å². The van der Waals surface area contributed by atoms with Crippen molar-refractivity contribution in [3.05, 3.63) is 59.2 Å². The summed E-state index contributed by atoms with van der Waals surface area (Å²) in [5.41, 5.74) is 4.75. The second-order valence-electron chi connectivity index (χ2n) is 6.66. The van der Waals surface area contributed by atoms with Crippen molar-refractivity contribution in [3.63, 3.8) is 0 Å². The molecule has 0 aliphatic heterocycles. The maximum Gasteiger partial charge on any atom is 0.147 e. The Balaban J connectivity index is 2.13. The molecule has 1 saturated carbocycles. The van der Waals surface area contributed by atoms with Gasteiger partial charge in [-0.15, -0.1) is 0 Å². The minimum atomic E-state index is -0.368. The molecule has 2 aliphatic rings. The highest BCUT2D eigenvalue weighted by Gasteiger charge is 2.54. The van der Waals surface area contributed by atoms with Crippen molar-refractivity contribution in [3.8, 4) is 0 Å². The first-order chi connectivity index (χ1) is 9.45. The fraction of sp³-hybridized carbons (Fsp3) is 0.421. The van der Waals surface area contributed by atoms with Crippen molar-refractivity contribution in [1.29, 1.82) is 0 Å². The number of benzene rings is 1. The van der Waals surface area contributed by atoms with E-state index in [0.717, 1.165) is 18.4 Å². The second-order valence-corrected chi connectivity index (χ2v) is 6.66. The lowest BCUT2D eigenvalue weighted by atomic mass is 9.75. The molecule has 0 aromatic heterocycles. The van der Waals surface area contributed by atoms with Crippen LogP contribution >= 0.6 is 0 Å². The van der Waals surface area contributed by atoms with Crippen molar-refractivity contribution in [1.82, 2.24) is 0 Å². The van der Waals surface area contributed by atoms with E-state index < -0.39 is 0 Å². The van der Waals surface area contributed by atoms with Gasteiger partial charge in [-0.25, -0.2) is 0 Å². The first-order valence-electron chi connectivity index (χ1n) is 7.39. The van der Waals surface area contributed by atoms with Crippen LogP contribution in [0.25, 0.3) is 0 Å². The quantitative estimate of drug-likeness (QED) is 0.675. The highest BCUT2D eigenvalue weighted by atomic mass is 16.1. The molecule has 0 saturated heterocycles. The van der Waals surface area contributed by atoms with Crippen LogP contribution in [0.4, 0.5) is 0 Å². The van der Waals surface area contributed by atoms with Gasteiger partial charge in [0.15, 0.2) is 0 Å². The van der Waals surface area contributed by atoms with Gasteiger partial charge in [0.2, 0.25) is 0 Å². The van der Waals surface area contributed by atoms with Gasteiger partial charge < -0.3 is 0 Å². The molecule has 1 fully saturated rings.